The molecule has 0 aromatic heterocycles. The number of aliphatic hydroxyl groups excluding tert-OH is 1. The van der Waals surface area contributed by atoms with Crippen LogP contribution in [0.1, 0.15) is 18.4 Å². The molecule has 7 heteroatoms. The van der Waals surface area contributed by atoms with Crippen LogP contribution >= 0.6 is 0 Å². The highest BCUT2D eigenvalue weighted by Gasteiger charge is 2.41. The van der Waals surface area contributed by atoms with E-state index in [-0.39, 0.29) is 38.5 Å². The van der Waals surface area contributed by atoms with E-state index in [0.717, 1.165) is 0 Å². The molecule has 1 aromatic rings. The van der Waals surface area contributed by atoms with Crippen molar-refractivity contribution in [2.45, 2.75) is 31.7 Å². The summed E-state index contributed by atoms with van der Waals surface area (Å²) in [7, 11) is 0. The number of piperidine rings is 1. The zero-order valence-electron chi connectivity index (χ0n) is 12.7. The highest BCUT2D eigenvalue weighted by Crippen LogP contribution is 2.33. The third-order valence-corrected chi connectivity index (χ3v) is 3.96. The van der Waals surface area contributed by atoms with Gasteiger partial charge in [-0.25, -0.2) is 4.39 Å². The Kier molecular flexibility index (Phi) is 6.38. The van der Waals surface area contributed by atoms with E-state index < -0.39 is 18.2 Å². The highest BCUT2D eigenvalue weighted by molar-refractivity contribution is 5.16. The third kappa shape index (κ3) is 5.75. The second-order valence-electron chi connectivity index (χ2n) is 5.90. The summed E-state index contributed by atoms with van der Waals surface area (Å²) >= 11 is 0. The first-order valence-corrected chi connectivity index (χ1v) is 7.64. The Bertz CT molecular complexity index is 495. The zero-order valence-corrected chi connectivity index (χ0v) is 12.7. The maximum atomic E-state index is 13.4. The van der Waals surface area contributed by atoms with Gasteiger partial charge in [0.1, 0.15) is 5.82 Å². The molecule has 0 spiro atoms. The summed E-state index contributed by atoms with van der Waals surface area (Å²) in [6.07, 6.45) is -4.48. The number of hydrogen-bond acceptors (Lipinski definition) is 3. The van der Waals surface area contributed by atoms with Crippen LogP contribution in [0.4, 0.5) is 17.6 Å². The number of hydrogen-bond donors (Lipinski definition) is 1. The quantitative estimate of drug-likeness (QED) is 0.812. The molecule has 130 valence electrons. The smallest absolute Gasteiger partial charge is 0.389 e. The van der Waals surface area contributed by atoms with E-state index in [0.29, 0.717) is 18.5 Å². The van der Waals surface area contributed by atoms with Gasteiger partial charge in [-0.1, -0.05) is 18.2 Å². The first kappa shape index (κ1) is 18.2. The van der Waals surface area contributed by atoms with Crippen molar-refractivity contribution in [2.75, 3.05) is 26.2 Å². The molecule has 0 aliphatic carbocycles. The molecule has 3 nitrogen and oxygen atoms in total. The van der Waals surface area contributed by atoms with Crippen molar-refractivity contribution in [3.8, 4) is 0 Å². The van der Waals surface area contributed by atoms with E-state index >= 15 is 0 Å². The lowest BCUT2D eigenvalue weighted by molar-refractivity contribution is -0.187. The van der Waals surface area contributed by atoms with Gasteiger partial charge >= 0.3 is 6.18 Å². The molecule has 2 atom stereocenters. The summed E-state index contributed by atoms with van der Waals surface area (Å²) in [6, 6.07) is 6.16. The molecular weight excluding hydrogens is 314 g/mol. The molecule has 1 saturated heterocycles. The number of β-amino-alcohol motifs (C(OH)–C–C–N with tert-alkyl or cyclic N) is 1. The number of rotatable bonds is 6. The number of alkyl halides is 3. The Labute approximate surface area is 132 Å². The zero-order chi connectivity index (χ0) is 16.9. The largest absolute Gasteiger partial charge is 0.393 e. The minimum Gasteiger partial charge on any atom is -0.389 e. The van der Waals surface area contributed by atoms with E-state index in [2.05, 4.69) is 0 Å². The van der Waals surface area contributed by atoms with Crippen LogP contribution in [0, 0.1) is 11.7 Å². The van der Waals surface area contributed by atoms with Gasteiger partial charge in [0.2, 0.25) is 0 Å². The molecule has 1 fully saturated rings. The fourth-order valence-corrected chi connectivity index (χ4v) is 2.76. The lowest BCUT2D eigenvalue weighted by Gasteiger charge is -2.34. The number of benzene rings is 1. The Hall–Kier alpha value is -1.18. The standard InChI is InChI=1S/C16H21F4NO2/c17-15-6-2-1-4-12(15)10-23-11-14(22)9-21-7-3-5-13(8-21)16(18,19)20/h1-2,4,6,13-14,22H,3,5,7-11H2/t13-,14+/m1/s1. The summed E-state index contributed by atoms with van der Waals surface area (Å²) < 4.78 is 56.8. The number of halogens is 4. The van der Waals surface area contributed by atoms with Crippen molar-refractivity contribution in [3.05, 3.63) is 35.6 Å². The van der Waals surface area contributed by atoms with Crippen LogP contribution in [-0.2, 0) is 11.3 Å². The number of ether oxygens (including phenoxy) is 1. The molecule has 1 aliphatic heterocycles. The van der Waals surface area contributed by atoms with E-state index in [1.54, 1.807) is 23.1 Å². The number of aliphatic hydroxyl groups is 1. The number of nitrogens with zero attached hydrogens (tertiary/aromatic N) is 1. The van der Waals surface area contributed by atoms with Gasteiger partial charge in [0, 0.05) is 18.7 Å². The second-order valence-corrected chi connectivity index (χ2v) is 5.90. The molecule has 2 rings (SSSR count). The molecule has 0 radical (unpaired) electrons. The Morgan fingerprint density at radius 3 is 2.74 bits per heavy atom. The maximum Gasteiger partial charge on any atom is 0.393 e. The van der Waals surface area contributed by atoms with Crippen molar-refractivity contribution in [3.63, 3.8) is 0 Å². The SMILES string of the molecule is O[C@H](COCc1ccccc1F)CN1CCC[C@@H](C(F)(F)F)C1. The molecule has 1 heterocycles. The minimum atomic E-state index is -4.19. The van der Waals surface area contributed by atoms with Crippen LogP contribution in [0.25, 0.3) is 0 Å². The molecule has 23 heavy (non-hydrogen) atoms. The summed E-state index contributed by atoms with van der Waals surface area (Å²) in [5.74, 6) is -1.71. The number of likely N-dealkylation sites (tertiary alicyclic amines) is 1. The fourth-order valence-electron chi connectivity index (χ4n) is 2.76. The minimum absolute atomic E-state index is 0.0227. The molecular formula is C16H21F4NO2. The van der Waals surface area contributed by atoms with Crippen LogP contribution in [-0.4, -0.2) is 48.5 Å². The van der Waals surface area contributed by atoms with Crippen molar-refractivity contribution in [2.24, 2.45) is 5.92 Å². The van der Waals surface area contributed by atoms with E-state index in [4.69, 9.17) is 4.74 Å². The normalized spacial score (nSPS) is 21.3. The Morgan fingerprint density at radius 2 is 2.04 bits per heavy atom. The second kappa shape index (κ2) is 8.08. The van der Waals surface area contributed by atoms with Crippen LogP contribution < -0.4 is 0 Å². The highest BCUT2D eigenvalue weighted by atomic mass is 19.4. The van der Waals surface area contributed by atoms with Crippen molar-refractivity contribution in [1.82, 2.24) is 4.90 Å². The van der Waals surface area contributed by atoms with Crippen molar-refractivity contribution >= 4 is 0 Å². The molecule has 0 saturated carbocycles. The average Bonchev–Trinajstić information content (AvgIpc) is 2.48. The van der Waals surface area contributed by atoms with Crippen LogP contribution in [0.15, 0.2) is 24.3 Å². The van der Waals surface area contributed by atoms with Gasteiger partial charge in [-0.2, -0.15) is 13.2 Å². The first-order chi connectivity index (χ1) is 10.9. The first-order valence-electron chi connectivity index (χ1n) is 7.64. The predicted octanol–water partition coefficient (Wildman–Crippen LogP) is 2.98. The van der Waals surface area contributed by atoms with Crippen LogP contribution in [0.5, 0.6) is 0 Å². The van der Waals surface area contributed by atoms with Gasteiger partial charge in [0.15, 0.2) is 0 Å². The molecule has 1 aromatic carbocycles. The van der Waals surface area contributed by atoms with Crippen molar-refractivity contribution < 1.29 is 27.4 Å². The van der Waals surface area contributed by atoms with E-state index in [1.807, 2.05) is 0 Å². The Balaban J connectivity index is 1.72. The summed E-state index contributed by atoms with van der Waals surface area (Å²) in [4.78, 5) is 1.61. The predicted molar refractivity (Wildman–Crippen MR) is 77.3 cm³/mol. The van der Waals surface area contributed by atoms with Gasteiger partial charge < -0.3 is 14.7 Å². The summed E-state index contributed by atoms with van der Waals surface area (Å²) in [6.45, 7) is 0.561. The van der Waals surface area contributed by atoms with Crippen LogP contribution in [0.2, 0.25) is 0 Å². The molecule has 1 N–H and O–H groups in total. The maximum absolute atomic E-state index is 13.4. The fraction of sp³-hybridized carbons (Fsp3) is 0.625. The summed E-state index contributed by atoms with van der Waals surface area (Å²) in [5, 5.41) is 9.90. The average molecular weight is 335 g/mol. The molecule has 0 unspecified atom stereocenters. The van der Waals surface area contributed by atoms with Gasteiger partial charge in [0.25, 0.3) is 0 Å². The molecule has 0 bridgehead atoms. The van der Waals surface area contributed by atoms with E-state index in [9.17, 15) is 22.7 Å². The van der Waals surface area contributed by atoms with Crippen LogP contribution in [0.3, 0.4) is 0 Å². The van der Waals surface area contributed by atoms with Gasteiger partial charge in [0.05, 0.1) is 25.2 Å². The third-order valence-electron chi connectivity index (χ3n) is 3.96. The lowest BCUT2D eigenvalue weighted by Crippen LogP contribution is -2.45. The van der Waals surface area contributed by atoms with Gasteiger partial charge in [-0.3, -0.25) is 0 Å². The lowest BCUT2D eigenvalue weighted by atomic mass is 9.97. The molecule has 1 aliphatic rings. The monoisotopic (exact) mass is 335 g/mol. The van der Waals surface area contributed by atoms with Gasteiger partial charge in [-0.15, -0.1) is 0 Å². The van der Waals surface area contributed by atoms with Crippen molar-refractivity contribution in [1.29, 1.82) is 0 Å². The molecule has 0 amide bonds. The van der Waals surface area contributed by atoms with E-state index in [1.165, 1.54) is 6.07 Å². The Morgan fingerprint density at radius 1 is 1.30 bits per heavy atom. The summed E-state index contributed by atoms with van der Waals surface area (Å²) in [5.41, 5.74) is 0.384. The van der Waals surface area contributed by atoms with Gasteiger partial charge in [-0.05, 0) is 25.5 Å². The topological polar surface area (TPSA) is 32.7 Å².